The average molecular weight is 298 g/mol. The van der Waals surface area contributed by atoms with E-state index < -0.39 is 0 Å². The molecule has 0 spiro atoms. The molecular formula is C6H7IN2S2. The van der Waals surface area contributed by atoms with Gasteiger partial charge in [0.1, 0.15) is 5.03 Å². The highest BCUT2D eigenvalue weighted by Crippen LogP contribution is 2.20. The maximum atomic E-state index is 4.32. The normalized spacial score (nSPS) is 10.1. The van der Waals surface area contributed by atoms with E-state index in [1.807, 2.05) is 18.7 Å². The predicted molar refractivity (Wildman–Crippen MR) is 58.3 cm³/mol. The fourth-order valence-electron chi connectivity index (χ4n) is 0.578. The third-order valence-electron chi connectivity index (χ3n) is 1.07. The molecule has 0 N–H and O–H groups in total. The third kappa shape index (κ3) is 2.48. The molecule has 60 valence electrons. The summed E-state index contributed by atoms with van der Waals surface area (Å²) in [6.07, 6.45) is 5.85. The lowest BCUT2D eigenvalue weighted by atomic mass is 10.7. The van der Waals surface area contributed by atoms with Gasteiger partial charge >= 0.3 is 0 Å². The lowest BCUT2D eigenvalue weighted by molar-refractivity contribution is 0.880. The molecule has 0 amide bonds. The summed E-state index contributed by atoms with van der Waals surface area (Å²) in [6.45, 7) is 0. The summed E-state index contributed by atoms with van der Waals surface area (Å²) in [5.74, 6) is 0. The number of nitrogens with zero attached hydrogens (tertiary/aromatic N) is 2. The van der Waals surface area contributed by atoms with Crippen LogP contribution in [0.3, 0.4) is 0 Å². The molecule has 0 aliphatic rings. The Morgan fingerprint density at radius 2 is 2.09 bits per heavy atom. The van der Waals surface area contributed by atoms with E-state index in [0.29, 0.717) is 0 Å². The van der Waals surface area contributed by atoms with Gasteiger partial charge in [-0.1, -0.05) is 11.8 Å². The quantitative estimate of drug-likeness (QED) is 0.363. The summed E-state index contributed by atoms with van der Waals surface area (Å²) < 4.78 is 1.12. The molecule has 5 heteroatoms. The molecule has 0 fully saturated rings. The zero-order valence-corrected chi connectivity index (χ0v) is 9.96. The highest BCUT2D eigenvalue weighted by atomic mass is 127. The van der Waals surface area contributed by atoms with Gasteiger partial charge in [-0.3, -0.25) is 0 Å². The van der Waals surface area contributed by atoms with E-state index in [2.05, 4.69) is 32.6 Å². The number of aromatic nitrogens is 2. The Bertz CT molecular complexity index is 254. The van der Waals surface area contributed by atoms with Crippen molar-refractivity contribution >= 4 is 46.1 Å². The van der Waals surface area contributed by atoms with Crippen molar-refractivity contribution in [3.05, 3.63) is 9.77 Å². The summed E-state index contributed by atoms with van der Waals surface area (Å²) in [5, 5.41) is 1.90. The number of rotatable bonds is 2. The van der Waals surface area contributed by atoms with E-state index in [1.54, 1.807) is 23.5 Å². The molecule has 0 aliphatic carbocycles. The van der Waals surface area contributed by atoms with Crippen molar-refractivity contribution in [3.63, 3.8) is 0 Å². The first-order chi connectivity index (χ1) is 5.27. The molecule has 1 heterocycles. The molecule has 0 saturated carbocycles. The maximum Gasteiger partial charge on any atom is 0.188 e. The number of hydrogen-bond acceptors (Lipinski definition) is 4. The molecule has 0 radical (unpaired) electrons. The Morgan fingerprint density at radius 3 is 2.64 bits per heavy atom. The molecular weight excluding hydrogens is 291 g/mol. The van der Waals surface area contributed by atoms with E-state index >= 15 is 0 Å². The van der Waals surface area contributed by atoms with Gasteiger partial charge < -0.3 is 0 Å². The molecule has 0 saturated heterocycles. The SMILES string of the molecule is CSc1ncc(I)c(SC)n1. The van der Waals surface area contributed by atoms with Crippen molar-refractivity contribution in [1.29, 1.82) is 0 Å². The van der Waals surface area contributed by atoms with E-state index in [9.17, 15) is 0 Å². The smallest absolute Gasteiger partial charge is 0.188 e. The Labute approximate surface area is 88.1 Å². The first-order valence-electron chi connectivity index (χ1n) is 2.88. The molecule has 1 rings (SSSR count). The van der Waals surface area contributed by atoms with Gasteiger partial charge in [0.25, 0.3) is 0 Å². The van der Waals surface area contributed by atoms with E-state index in [4.69, 9.17) is 0 Å². The van der Waals surface area contributed by atoms with Crippen LogP contribution >= 0.6 is 46.1 Å². The zero-order chi connectivity index (χ0) is 8.27. The van der Waals surface area contributed by atoms with Gasteiger partial charge in [-0.25, -0.2) is 9.97 Å². The lowest BCUT2D eigenvalue weighted by Crippen LogP contribution is -1.90. The Balaban J connectivity index is 3.02. The minimum atomic E-state index is 0.842. The fourth-order valence-corrected chi connectivity index (χ4v) is 2.32. The molecule has 1 aromatic rings. The summed E-state index contributed by atoms with van der Waals surface area (Å²) in [6, 6.07) is 0. The number of halogens is 1. The van der Waals surface area contributed by atoms with Gasteiger partial charge in [-0.15, -0.1) is 11.8 Å². The molecule has 0 aliphatic heterocycles. The van der Waals surface area contributed by atoms with Crippen LogP contribution in [0.15, 0.2) is 16.4 Å². The summed E-state index contributed by atoms with van der Waals surface area (Å²) >= 11 is 5.46. The Kier molecular flexibility index (Phi) is 3.94. The van der Waals surface area contributed by atoms with Gasteiger partial charge in [0.15, 0.2) is 5.16 Å². The van der Waals surface area contributed by atoms with Crippen molar-refractivity contribution in [2.24, 2.45) is 0 Å². The molecule has 0 atom stereocenters. The van der Waals surface area contributed by atoms with Gasteiger partial charge in [-0.05, 0) is 35.1 Å². The van der Waals surface area contributed by atoms with E-state index in [0.717, 1.165) is 13.8 Å². The molecule has 11 heavy (non-hydrogen) atoms. The minimum absolute atomic E-state index is 0.842. The maximum absolute atomic E-state index is 4.32. The molecule has 0 bridgehead atoms. The summed E-state index contributed by atoms with van der Waals surface area (Å²) in [4.78, 5) is 8.45. The van der Waals surface area contributed by atoms with Crippen LogP contribution in [-0.4, -0.2) is 22.5 Å². The largest absolute Gasteiger partial charge is 0.230 e. The molecule has 0 unspecified atom stereocenters. The zero-order valence-electron chi connectivity index (χ0n) is 6.17. The van der Waals surface area contributed by atoms with Crippen LogP contribution in [0.2, 0.25) is 0 Å². The van der Waals surface area contributed by atoms with Gasteiger partial charge in [-0.2, -0.15) is 0 Å². The summed E-state index contributed by atoms with van der Waals surface area (Å²) in [7, 11) is 0. The van der Waals surface area contributed by atoms with Crippen LogP contribution in [0, 0.1) is 3.57 Å². The molecule has 2 nitrogen and oxygen atoms in total. The van der Waals surface area contributed by atoms with Crippen molar-refractivity contribution in [3.8, 4) is 0 Å². The first-order valence-corrected chi connectivity index (χ1v) is 6.41. The van der Waals surface area contributed by atoms with Crippen LogP contribution < -0.4 is 0 Å². The van der Waals surface area contributed by atoms with Crippen molar-refractivity contribution < 1.29 is 0 Å². The van der Waals surface area contributed by atoms with Crippen molar-refractivity contribution in [2.45, 2.75) is 10.2 Å². The number of hydrogen-bond donors (Lipinski definition) is 0. The summed E-state index contributed by atoms with van der Waals surface area (Å²) in [5.41, 5.74) is 0. The topological polar surface area (TPSA) is 25.8 Å². The van der Waals surface area contributed by atoms with Gasteiger partial charge in [0, 0.05) is 6.20 Å². The Hall–Kier alpha value is 0.510. The average Bonchev–Trinajstić information content (AvgIpc) is 2.05. The van der Waals surface area contributed by atoms with Crippen molar-refractivity contribution in [2.75, 3.05) is 12.5 Å². The third-order valence-corrected chi connectivity index (χ3v) is 3.48. The lowest BCUT2D eigenvalue weighted by Gasteiger charge is -1.99. The standard InChI is InChI=1S/C6H7IN2S2/c1-10-5-4(7)3-8-6(9-5)11-2/h3H,1-2H3. The van der Waals surface area contributed by atoms with Crippen LogP contribution in [0.5, 0.6) is 0 Å². The Morgan fingerprint density at radius 1 is 1.36 bits per heavy atom. The number of thioether (sulfide) groups is 2. The van der Waals surface area contributed by atoms with Crippen LogP contribution in [0.25, 0.3) is 0 Å². The van der Waals surface area contributed by atoms with Crippen LogP contribution in [0.4, 0.5) is 0 Å². The fraction of sp³-hybridized carbons (Fsp3) is 0.333. The van der Waals surface area contributed by atoms with Crippen LogP contribution in [0.1, 0.15) is 0 Å². The molecule has 1 aromatic heterocycles. The van der Waals surface area contributed by atoms with Crippen LogP contribution in [-0.2, 0) is 0 Å². The first kappa shape index (κ1) is 9.60. The monoisotopic (exact) mass is 298 g/mol. The second-order valence-electron chi connectivity index (χ2n) is 1.71. The van der Waals surface area contributed by atoms with Crippen molar-refractivity contribution in [1.82, 2.24) is 9.97 Å². The minimum Gasteiger partial charge on any atom is -0.230 e. The highest BCUT2D eigenvalue weighted by Gasteiger charge is 2.01. The second-order valence-corrected chi connectivity index (χ2v) is 4.44. The predicted octanol–water partition coefficient (Wildman–Crippen LogP) is 2.53. The van der Waals surface area contributed by atoms with E-state index in [1.165, 1.54) is 0 Å². The van der Waals surface area contributed by atoms with Gasteiger partial charge in [0.2, 0.25) is 0 Å². The highest BCUT2D eigenvalue weighted by molar-refractivity contribution is 14.1. The van der Waals surface area contributed by atoms with E-state index in [-0.39, 0.29) is 0 Å². The second kappa shape index (κ2) is 4.51. The molecule has 0 aromatic carbocycles. The van der Waals surface area contributed by atoms with Gasteiger partial charge in [0.05, 0.1) is 3.57 Å².